The van der Waals surface area contributed by atoms with Crippen molar-refractivity contribution in [2.45, 2.75) is 54.4 Å². The minimum atomic E-state index is -1.06. The molecule has 6 nitrogen and oxygen atoms in total. The summed E-state index contributed by atoms with van der Waals surface area (Å²) >= 11 is 0. The van der Waals surface area contributed by atoms with E-state index in [9.17, 15) is 9.59 Å². The lowest BCUT2D eigenvalue weighted by molar-refractivity contribution is -0.133. The zero-order valence-corrected chi connectivity index (χ0v) is 14.4. The third-order valence-electron chi connectivity index (χ3n) is 3.32. The molecule has 0 bridgehead atoms. The minimum Gasteiger partial charge on any atom is -0.512 e. The molecule has 6 heteroatoms. The molecule has 0 aromatic rings. The van der Waals surface area contributed by atoms with E-state index in [0.29, 0.717) is 12.0 Å². The molecule has 0 aliphatic heterocycles. The van der Waals surface area contributed by atoms with Crippen LogP contribution in [0.3, 0.4) is 0 Å². The highest BCUT2D eigenvalue weighted by molar-refractivity contribution is 5.86. The summed E-state index contributed by atoms with van der Waals surface area (Å²) in [5, 5.41) is 25.9. The van der Waals surface area contributed by atoms with Crippen LogP contribution in [-0.4, -0.2) is 45.2 Å². The van der Waals surface area contributed by atoms with Gasteiger partial charge in [0.1, 0.15) is 5.76 Å². The molecule has 0 radical (unpaired) electrons. The van der Waals surface area contributed by atoms with Gasteiger partial charge in [0.15, 0.2) is 0 Å². The number of hydrogen-bond acceptors (Lipinski definition) is 4. The minimum absolute atomic E-state index is 0.0255. The van der Waals surface area contributed by atoms with E-state index >= 15 is 0 Å². The number of hydrogen-bond donors (Lipinski definition) is 3. The molecule has 0 saturated carbocycles. The zero-order valence-electron chi connectivity index (χ0n) is 14.4. The van der Waals surface area contributed by atoms with Gasteiger partial charge in [0.2, 0.25) is 0 Å². The molecule has 0 spiro atoms. The SMILES string of the molecule is CC/C(=C(/C)C(=O)O)N(CC)CC.CC/C(O)=C(/C)C(=O)O. The normalized spacial score (nSPS) is 12.5. The fourth-order valence-electron chi connectivity index (χ4n) is 1.84. The second kappa shape index (κ2) is 11.7. The number of nitrogens with zero attached hydrogens (tertiary/aromatic N) is 1. The lowest BCUT2D eigenvalue weighted by Gasteiger charge is -2.24. The Labute approximate surface area is 132 Å². The van der Waals surface area contributed by atoms with Crippen molar-refractivity contribution in [2.75, 3.05) is 13.1 Å². The Bertz CT molecular complexity index is 434. The van der Waals surface area contributed by atoms with Crippen molar-refractivity contribution in [3.8, 4) is 0 Å². The van der Waals surface area contributed by atoms with Gasteiger partial charge in [-0.1, -0.05) is 13.8 Å². The highest BCUT2D eigenvalue weighted by atomic mass is 16.4. The van der Waals surface area contributed by atoms with E-state index in [1.54, 1.807) is 13.8 Å². The molecule has 0 heterocycles. The van der Waals surface area contributed by atoms with Crippen molar-refractivity contribution in [3.63, 3.8) is 0 Å². The molecular formula is C16H29NO5. The molecule has 128 valence electrons. The molecule has 0 fully saturated rings. The van der Waals surface area contributed by atoms with Gasteiger partial charge in [-0.05, 0) is 34.1 Å². The van der Waals surface area contributed by atoms with Gasteiger partial charge in [0.25, 0.3) is 0 Å². The molecule has 0 aliphatic carbocycles. The van der Waals surface area contributed by atoms with Crippen LogP contribution in [0, 0.1) is 0 Å². The van der Waals surface area contributed by atoms with Crippen LogP contribution in [0.2, 0.25) is 0 Å². The number of carboxylic acid groups (broad SMARTS) is 2. The predicted molar refractivity (Wildman–Crippen MR) is 86.8 cm³/mol. The molecule has 0 unspecified atom stereocenters. The summed E-state index contributed by atoms with van der Waals surface area (Å²) in [7, 11) is 0. The van der Waals surface area contributed by atoms with E-state index in [0.717, 1.165) is 25.2 Å². The second-order valence-electron chi connectivity index (χ2n) is 4.63. The summed E-state index contributed by atoms with van der Waals surface area (Å²) in [5.41, 5.74) is 1.43. The van der Waals surface area contributed by atoms with Gasteiger partial charge in [-0.2, -0.15) is 0 Å². The maximum absolute atomic E-state index is 10.8. The molecule has 0 saturated heterocycles. The van der Waals surface area contributed by atoms with Crippen molar-refractivity contribution in [1.29, 1.82) is 0 Å². The van der Waals surface area contributed by atoms with Crippen LogP contribution in [-0.2, 0) is 9.59 Å². The fraction of sp³-hybridized carbons (Fsp3) is 0.625. The van der Waals surface area contributed by atoms with Gasteiger partial charge in [0, 0.05) is 25.2 Å². The molecular weight excluding hydrogens is 286 g/mol. The number of aliphatic hydroxyl groups excluding tert-OH is 1. The number of carboxylic acids is 2. The number of allylic oxidation sites excluding steroid dienone is 2. The smallest absolute Gasteiger partial charge is 0.334 e. The lowest BCUT2D eigenvalue weighted by atomic mass is 10.1. The van der Waals surface area contributed by atoms with Gasteiger partial charge in [0.05, 0.1) is 11.1 Å². The van der Waals surface area contributed by atoms with Crippen molar-refractivity contribution in [3.05, 3.63) is 22.6 Å². The number of aliphatic carboxylic acids is 2. The van der Waals surface area contributed by atoms with Gasteiger partial charge >= 0.3 is 11.9 Å². The standard InChI is InChI=1S/C10H19NO2.C6H10O3/c1-5-9(8(4)10(12)13)11(6-2)7-3;1-3-5(7)4(2)6(8)9/h5-7H2,1-4H3,(H,12,13);7H,3H2,1-2H3,(H,8,9)/b9-8+;5-4+. The molecule has 3 N–H and O–H groups in total. The predicted octanol–water partition coefficient (Wildman–Crippen LogP) is 3.41. The Hall–Kier alpha value is -1.98. The monoisotopic (exact) mass is 315 g/mol. The summed E-state index contributed by atoms with van der Waals surface area (Å²) in [5.74, 6) is -1.93. The van der Waals surface area contributed by atoms with Gasteiger partial charge < -0.3 is 20.2 Å². The second-order valence-corrected chi connectivity index (χ2v) is 4.63. The van der Waals surface area contributed by atoms with E-state index in [-0.39, 0.29) is 11.3 Å². The zero-order chi connectivity index (χ0) is 17.9. The third-order valence-corrected chi connectivity index (χ3v) is 3.32. The van der Waals surface area contributed by atoms with Crippen LogP contribution in [0.1, 0.15) is 54.4 Å². The Kier molecular flexibility index (Phi) is 11.8. The Morgan fingerprint density at radius 2 is 1.18 bits per heavy atom. The first-order valence-corrected chi connectivity index (χ1v) is 7.47. The lowest BCUT2D eigenvalue weighted by Crippen LogP contribution is -2.24. The number of aliphatic hydroxyl groups is 1. The fourth-order valence-corrected chi connectivity index (χ4v) is 1.84. The molecule has 0 rings (SSSR count). The first-order chi connectivity index (χ1) is 10.2. The van der Waals surface area contributed by atoms with Crippen molar-refractivity contribution >= 4 is 11.9 Å². The number of rotatable bonds is 7. The van der Waals surface area contributed by atoms with Gasteiger partial charge in [-0.3, -0.25) is 0 Å². The van der Waals surface area contributed by atoms with E-state index in [2.05, 4.69) is 4.90 Å². The maximum atomic E-state index is 10.8. The van der Waals surface area contributed by atoms with E-state index in [1.807, 2.05) is 20.8 Å². The quantitative estimate of drug-likeness (QED) is 0.492. The van der Waals surface area contributed by atoms with Crippen LogP contribution in [0.4, 0.5) is 0 Å². The van der Waals surface area contributed by atoms with Crippen molar-refractivity contribution in [2.24, 2.45) is 0 Å². The topological polar surface area (TPSA) is 98.1 Å². The summed E-state index contributed by atoms with van der Waals surface area (Å²) in [6.07, 6.45) is 1.15. The maximum Gasteiger partial charge on any atom is 0.334 e. The number of carbonyl (C=O) groups is 2. The van der Waals surface area contributed by atoms with Gasteiger partial charge in [-0.15, -0.1) is 0 Å². The molecule has 0 aromatic carbocycles. The van der Waals surface area contributed by atoms with Crippen molar-refractivity contribution in [1.82, 2.24) is 4.90 Å². The van der Waals surface area contributed by atoms with Crippen molar-refractivity contribution < 1.29 is 24.9 Å². The molecule has 0 aromatic heterocycles. The van der Waals surface area contributed by atoms with Crippen LogP contribution >= 0.6 is 0 Å². The third kappa shape index (κ3) is 7.71. The van der Waals surface area contributed by atoms with E-state index in [1.165, 1.54) is 6.92 Å². The highest BCUT2D eigenvalue weighted by Crippen LogP contribution is 2.13. The molecule has 0 amide bonds. The summed E-state index contributed by atoms with van der Waals surface area (Å²) in [6.45, 7) is 12.5. The van der Waals surface area contributed by atoms with E-state index in [4.69, 9.17) is 15.3 Å². The summed E-state index contributed by atoms with van der Waals surface area (Å²) in [6, 6.07) is 0. The summed E-state index contributed by atoms with van der Waals surface area (Å²) < 4.78 is 0. The summed E-state index contributed by atoms with van der Waals surface area (Å²) in [4.78, 5) is 22.9. The highest BCUT2D eigenvalue weighted by Gasteiger charge is 2.11. The average Bonchev–Trinajstić information content (AvgIpc) is 2.50. The Morgan fingerprint density at radius 3 is 1.36 bits per heavy atom. The van der Waals surface area contributed by atoms with Crippen LogP contribution in [0.15, 0.2) is 22.6 Å². The Morgan fingerprint density at radius 1 is 0.773 bits per heavy atom. The molecule has 0 aliphatic rings. The molecule has 22 heavy (non-hydrogen) atoms. The Balaban J connectivity index is 0. The van der Waals surface area contributed by atoms with Crippen LogP contribution in [0.5, 0.6) is 0 Å². The average molecular weight is 315 g/mol. The molecule has 0 atom stereocenters. The first kappa shape index (κ1) is 22.3. The largest absolute Gasteiger partial charge is 0.512 e. The van der Waals surface area contributed by atoms with Crippen LogP contribution < -0.4 is 0 Å². The van der Waals surface area contributed by atoms with E-state index < -0.39 is 11.9 Å². The van der Waals surface area contributed by atoms with Crippen LogP contribution in [0.25, 0.3) is 0 Å². The first-order valence-electron chi connectivity index (χ1n) is 7.47. The van der Waals surface area contributed by atoms with Gasteiger partial charge in [-0.25, -0.2) is 9.59 Å².